The van der Waals surface area contributed by atoms with E-state index >= 15 is 0 Å². The lowest BCUT2D eigenvalue weighted by atomic mass is 10.1. The fourth-order valence-corrected chi connectivity index (χ4v) is 3.58. The van der Waals surface area contributed by atoms with E-state index in [2.05, 4.69) is 39.1 Å². The molecule has 4 heteroatoms. The first-order chi connectivity index (χ1) is 14.9. The third kappa shape index (κ3) is 5.46. The van der Waals surface area contributed by atoms with E-state index < -0.39 is 0 Å². The van der Waals surface area contributed by atoms with Gasteiger partial charge in [-0.05, 0) is 86.7 Å². The summed E-state index contributed by atoms with van der Waals surface area (Å²) >= 11 is 0. The number of para-hydroxylation sites is 1. The molecule has 0 aliphatic heterocycles. The number of carbonyl (C=O) groups excluding carboxylic acids is 1. The van der Waals surface area contributed by atoms with E-state index in [0.29, 0.717) is 18.8 Å². The molecule has 0 atom stereocenters. The lowest BCUT2D eigenvalue weighted by molar-refractivity contribution is 0.102. The van der Waals surface area contributed by atoms with Crippen molar-refractivity contribution >= 4 is 11.6 Å². The average molecular weight is 418 g/mol. The van der Waals surface area contributed by atoms with E-state index in [4.69, 9.17) is 9.47 Å². The van der Waals surface area contributed by atoms with Crippen LogP contribution in [-0.4, -0.2) is 12.5 Å². The van der Waals surface area contributed by atoms with Crippen molar-refractivity contribution < 1.29 is 14.3 Å². The maximum atomic E-state index is 12.9. The molecule has 0 bridgehead atoms. The molecule has 0 fully saturated rings. The molecule has 3 aromatic rings. The quantitative estimate of drug-likeness (QED) is 0.461. The van der Waals surface area contributed by atoms with Gasteiger partial charge in [0.1, 0.15) is 18.1 Å². The number of benzene rings is 3. The monoisotopic (exact) mass is 417 g/mol. The SMILES string of the molecule is CCOc1ccc(C(=O)Nc2ccccc2CC)cc1COc1cc(C)cc(C)c1C. The molecule has 1 N–H and O–H groups in total. The van der Waals surface area contributed by atoms with Crippen LogP contribution in [0.15, 0.2) is 54.6 Å². The highest BCUT2D eigenvalue weighted by Crippen LogP contribution is 2.27. The molecule has 0 saturated carbocycles. The molecule has 0 saturated heterocycles. The van der Waals surface area contributed by atoms with Crippen molar-refractivity contribution in [3.05, 3.63) is 88.0 Å². The minimum Gasteiger partial charge on any atom is -0.493 e. The van der Waals surface area contributed by atoms with E-state index in [-0.39, 0.29) is 5.91 Å². The maximum Gasteiger partial charge on any atom is 0.255 e. The highest BCUT2D eigenvalue weighted by Gasteiger charge is 2.14. The zero-order chi connectivity index (χ0) is 22.4. The number of hydrogen-bond acceptors (Lipinski definition) is 3. The summed E-state index contributed by atoms with van der Waals surface area (Å²) in [4.78, 5) is 12.9. The predicted molar refractivity (Wildman–Crippen MR) is 126 cm³/mol. The van der Waals surface area contributed by atoms with E-state index in [1.54, 1.807) is 6.07 Å². The van der Waals surface area contributed by atoms with Crippen LogP contribution in [0.3, 0.4) is 0 Å². The Morgan fingerprint density at radius 1 is 0.871 bits per heavy atom. The zero-order valence-electron chi connectivity index (χ0n) is 19.0. The lowest BCUT2D eigenvalue weighted by Gasteiger charge is -2.16. The largest absolute Gasteiger partial charge is 0.493 e. The molecule has 0 aliphatic rings. The van der Waals surface area contributed by atoms with Crippen LogP contribution in [0.1, 0.15) is 52.0 Å². The van der Waals surface area contributed by atoms with E-state index in [1.165, 1.54) is 5.56 Å². The van der Waals surface area contributed by atoms with Gasteiger partial charge in [0.05, 0.1) is 6.61 Å². The number of anilines is 1. The Balaban J connectivity index is 1.84. The Labute approximate surface area is 185 Å². The maximum absolute atomic E-state index is 12.9. The minimum atomic E-state index is -0.146. The first-order valence-electron chi connectivity index (χ1n) is 10.8. The van der Waals surface area contributed by atoms with Crippen LogP contribution in [0, 0.1) is 20.8 Å². The molecule has 1 amide bonds. The molecule has 0 heterocycles. The second kappa shape index (κ2) is 10.2. The van der Waals surface area contributed by atoms with Gasteiger partial charge >= 0.3 is 0 Å². The van der Waals surface area contributed by atoms with Crippen LogP contribution < -0.4 is 14.8 Å². The summed E-state index contributed by atoms with van der Waals surface area (Å²) in [6.07, 6.45) is 0.855. The van der Waals surface area contributed by atoms with Gasteiger partial charge in [0.2, 0.25) is 0 Å². The summed E-state index contributed by atoms with van der Waals surface area (Å²) in [6, 6.07) is 17.5. The Morgan fingerprint density at radius 2 is 1.65 bits per heavy atom. The van der Waals surface area contributed by atoms with Gasteiger partial charge in [-0.3, -0.25) is 4.79 Å². The average Bonchev–Trinajstić information content (AvgIpc) is 2.76. The molecular formula is C27H31NO3. The van der Waals surface area contributed by atoms with Gasteiger partial charge in [0.15, 0.2) is 0 Å². The van der Waals surface area contributed by atoms with Crippen molar-refractivity contribution in [2.24, 2.45) is 0 Å². The van der Waals surface area contributed by atoms with Crippen LogP contribution in [0.5, 0.6) is 11.5 Å². The third-order valence-corrected chi connectivity index (χ3v) is 5.42. The van der Waals surface area contributed by atoms with E-state index in [1.807, 2.05) is 49.4 Å². The second-order valence-electron chi connectivity index (χ2n) is 7.71. The summed E-state index contributed by atoms with van der Waals surface area (Å²) in [5, 5.41) is 3.03. The molecular weight excluding hydrogens is 386 g/mol. The van der Waals surface area contributed by atoms with Crippen molar-refractivity contribution in [1.29, 1.82) is 0 Å². The van der Waals surface area contributed by atoms with Crippen LogP contribution in [0.25, 0.3) is 0 Å². The van der Waals surface area contributed by atoms with Crippen LogP contribution in [-0.2, 0) is 13.0 Å². The first kappa shape index (κ1) is 22.4. The van der Waals surface area contributed by atoms with Gasteiger partial charge < -0.3 is 14.8 Å². The van der Waals surface area contributed by atoms with Crippen LogP contribution in [0.2, 0.25) is 0 Å². The Kier molecular flexibility index (Phi) is 7.35. The number of aryl methyl sites for hydroxylation is 3. The van der Waals surface area contributed by atoms with E-state index in [0.717, 1.165) is 45.9 Å². The normalized spacial score (nSPS) is 10.6. The van der Waals surface area contributed by atoms with Gasteiger partial charge in [0.25, 0.3) is 5.91 Å². The number of ether oxygens (including phenoxy) is 2. The topological polar surface area (TPSA) is 47.6 Å². The first-order valence-corrected chi connectivity index (χ1v) is 10.8. The smallest absolute Gasteiger partial charge is 0.255 e. The molecule has 3 aromatic carbocycles. The van der Waals surface area contributed by atoms with Crippen molar-refractivity contribution in [3.8, 4) is 11.5 Å². The molecule has 162 valence electrons. The summed E-state index contributed by atoms with van der Waals surface area (Å²) in [6.45, 7) is 11.1. The zero-order valence-corrected chi connectivity index (χ0v) is 19.0. The molecule has 31 heavy (non-hydrogen) atoms. The van der Waals surface area contributed by atoms with Gasteiger partial charge in [-0.15, -0.1) is 0 Å². The lowest BCUT2D eigenvalue weighted by Crippen LogP contribution is -2.14. The Hall–Kier alpha value is -3.27. The number of rotatable bonds is 8. The predicted octanol–water partition coefficient (Wildman–Crippen LogP) is 6.40. The summed E-state index contributed by atoms with van der Waals surface area (Å²) < 4.78 is 11.9. The van der Waals surface area contributed by atoms with E-state index in [9.17, 15) is 4.79 Å². The number of hydrogen-bond donors (Lipinski definition) is 1. The highest BCUT2D eigenvalue weighted by molar-refractivity contribution is 6.04. The van der Waals surface area contributed by atoms with Crippen LogP contribution in [0.4, 0.5) is 5.69 Å². The van der Waals surface area contributed by atoms with Gasteiger partial charge in [-0.25, -0.2) is 0 Å². The van der Waals surface area contributed by atoms with Gasteiger partial charge in [-0.1, -0.05) is 31.2 Å². The number of amides is 1. The Morgan fingerprint density at radius 3 is 2.39 bits per heavy atom. The standard InChI is InChI=1S/C27H31NO3/c1-6-21-10-8-9-11-24(21)28-27(29)22-12-13-25(30-7-2)23(16-22)17-31-26-15-18(3)14-19(4)20(26)5/h8-16H,6-7,17H2,1-5H3,(H,28,29). The van der Waals surface area contributed by atoms with Crippen molar-refractivity contribution in [3.63, 3.8) is 0 Å². The van der Waals surface area contributed by atoms with Crippen molar-refractivity contribution in [2.45, 2.75) is 47.6 Å². The second-order valence-corrected chi connectivity index (χ2v) is 7.71. The molecule has 0 spiro atoms. The van der Waals surface area contributed by atoms with Crippen LogP contribution >= 0.6 is 0 Å². The summed E-state index contributed by atoms with van der Waals surface area (Å²) in [7, 11) is 0. The number of carbonyl (C=O) groups is 1. The van der Waals surface area contributed by atoms with Crippen molar-refractivity contribution in [2.75, 3.05) is 11.9 Å². The molecule has 4 nitrogen and oxygen atoms in total. The minimum absolute atomic E-state index is 0.146. The highest BCUT2D eigenvalue weighted by atomic mass is 16.5. The van der Waals surface area contributed by atoms with Gasteiger partial charge in [0, 0.05) is 16.8 Å². The molecule has 0 aliphatic carbocycles. The molecule has 3 rings (SSSR count). The van der Waals surface area contributed by atoms with Crippen molar-refractivity contribution in [1.82, 2.24) is 0 Å². The molecule has 0 aromatic heterocycles. The Bertz CT molecular complexity index is 1070. The fraction of sp³-hybridized carbons (Fsp3) is 0.296. The molecule has 0 radical (unpaired) electrons. The number of nitrogens with one attached hydrogen (secondary N) is 1. The fourth-order valence-electron chi connectivity index (χ4n) is 3.58. The summed E-state index contributed by atoms with van der Waals surface area (Å²) in [5.41, 5.74) is 6.84. The third-order valence-electron chi connectivity index (χ3n) is 5.42. The summed E-state index contributed by atoms with van der Waals surface area (Å²) in [5.74, 6) is 1.44. The molecule has 0 unspecified atom stereocenters. The van der Waals surface area contributed by atoms with Gasteiger partial charge in [-0.2, -0.15) is 0 Å².